The Bertz CT molecular complexity index is 1310. The number of nitrogens with one attached hydrogen (secondary N) is 2. The Morgan fingerprint density at radius 2 is 1.85 bits per heavy atom. The molecule has 170 valence electrons. The first kappa shape index (κ1) is 22.6. The molecule has 0 aliphatic heterocycles. The predicted octanol–water partition coefficient (Wildman–Crippen LogP) is 4.27. The second-order valence-corrected chi connectivity index (χ2v) is 9.76. The molecule has 1 aliphatic rings. The van der Waals surface area contributed by atoms with Crippen molar-refractivity contribution in [2.24, 2.45) is 11.3 Å². The number of carbonyl (C=O) groups is 1. The molecule has 4 rings (SSSR count). The average molecular weight is 443 g/mol. The maximum Gasteiger partial charge on any atom is 0.348 e. The van der Waals surface area contributed by atoms with E-state index in [1.165, 1.54) is 17.5 Å². The zero-order valence-electron chi connectivity index (χ0n) is 19.9. The van der Waals surface area contributed by atoms with Gasteiger partial charge in [-0.2, -0.15) is 4.68 Å². The van der Waals surface area contributed by atoms with Crippen LogP contribution in [0.2, 0.25) is 0 Å². The first-order valence-electron chi connectivity index (χ1n) is 11.3. The summed E-state index contributed by atoms with van der Waals surface area (Å²) in [5.41, 5.74) is 4.72. The van der Waals surface area contributed by atoms with E-state index in [0.717, 1.165) is 27.8 Å². The van der Waals surface area contributed by atoms with Crippen molar-refractivity contribution < 1.29 is 4.79 Å². The number of H-pyrrole nitrogens is 1. The van der Waals surface area contributed by atoms with Crippen molar-refractivity contribution in [3.63, 3.8) is 0 Å². The van der Waals surface area contributed by atoms with E-state index in [9.17, 15) is 9.59 Å². The predicted molar refractivity (Wildman–Crippen MR) is 130 cm³/mol. The first-order valence-corrected chi connectivity index (χ1v) is 11.3. The van der Waals surface area contributed by atoms with Gasteiger partial charge in [0.05, 0.1) is 5.69 Å². The van der Waals surface area contributed by atoms with Gasteiger partial charge in [0.15, 0.2) is 5.82 Å². The van der Waals surface area contributed by atoms with Crippen LogP contribution in [0.5, 0.6) is 0 Å². The normalized spacial score (nSPS) is 13.4. The number of hydrogen-bond acceptors (Lipinski definition) is 3. The number of aromatic nitrogens is 3. The highest BCUT2D eigenvalue weighted by Crippen LogP contribution is 2.28. The lowest BCUT2D eigenvalue weighted by Gasteiger charge is -2.19. The lowest BCUT2D eigenvalue weighted by molar-refractivity contribution is -0.128. The molecular weight excluding hydrogens is 412 g/mol. The molecule has 1 aliphatic carbocycles. The molecule has 3 aromatic rings. The van der Waals surface area contributed by atoms with Crippen molar-refractivity contribution in [1.82, 2.24) is 20.1 Å². The van der Waals surface area contributed by atoms with Gasteiger partial charge < -0.3 is 5.32 Å². The smallest absolute Gasteiger partial charge is 0.348 e. The van der Waals surface area contributed by atoms with Gasteiger partial charge >= 0.3 is 5.69 Å². The van der Waals surface area contributed by atoms with E-state index in [1.807, 2.05) is 71.0 Å². The lowest BCUT2D eigenvalue weighted by atomic mass is 9.94. The quantitative estimate of drug-likeness (QED) is 0.592. The van der Waals surface area contributed by atoms with Crippen LogP contribution in [0.15, 0.2) is 41.2 Å². The van der Waals surface area contributed by atoms with Crippen molar-refractivity contribution in [2.45, 2.75) is 54.0 Å². The molecule has 0 spiro atoms. The Kier molecular flexibility index (Phi) is 5.99. The van der Waals surface area contributed by atoms with Crippen LogP contribution in [0.25, 0.3) is 17.1 Å². The third-order valence-corrected chi connectivity index (χ3v) is 5.87. The van der Waals surface area contributed by atoms with Gasteiger partial charge in [-0.05, 0) is 67.6 Å². The molecule has 33 heavy (non-hydrogen) atoms. The summed E-state index contributed by atoms with van der Waals surface area (Å²) in [6.07, 6.45) is 2.39. The molecule has 0 radical (unpaired) electrons. The van der Waals surface area contributed by atoms with Crippen LogP contribution in [0.3, 0.4) is 0 Å². The lowest BCUT2D eigenvalue weighted by Crippen LogP contribution is -2.34. The molecule has 0 unspecified atom stereocenters. The van der Waals surface area contributed by atoms with Crippen LogP contribution >= 0.6 is 0 Å². The van der Waals surface area contributed by atoms with Crippen LogP contribution in [0.4, 0.5) is 0 Å². The maximum atomic E-state index is 12.7. The molecule has 6 heteroatoms. The molecule has 1 heterocycles. The van der Waals surface area contributed by atoms with Crippen molar-refractivity contribution in [2.75, 3.05) is 0 Å². The largest absolute Gasteiger partial charge is 0.352 e. The molecule has 0 saturated heterocycles. The number of rotatable bonds is 4. The topological polar surface area (TPSA) is 79.8 Å². The van der Waals surface area contributed by atoms with Crippen LogP contribution in [-0.4, -0.2) is 20.7 Å². The van der Waals surface area contributed by atoms with Crippen LogP contribution in [0, 0.1) is 37.0 Å². The minimum absolute atomic E-state index is 0.00743. The fraction of sp³-hybridized carbons (Fsp3) is 0.370. The standard InChI is InChI=1S/C27H30N4O2/c1-17-6-13-21(16-28-25(32)27(3,4)5)18(2)23(17)24-29-26(33)31(30-24)22-14-11-20(12-15-22)10-9-19-7-8-19/h6,11-15,19H,7-8,16H2,1-5H3,(H,28,32)(H,29,30,33). The molecule has 0 atom stereocenters. The number of benzene rings is 2. The minimum Gasteiger partial charge on any atom is -0.352 e. The van der Waals surface area contributed by atoms with E-state index in [0.29, 0.717) is 24.0 Å². The molecule has 2 aromatic carbocycles. The molecule has 6 nitrogen and oxygen atoms in total. The Morgan fingerprint density at radius 1 is 1.15 bits per heavy atom. The van der Waals surface area contributed by atoms with E-state index in [2.05, 4.69) is 27.2 Å². The Balaban J connectivity index is 1.61. The summed E-state index contributed by atoms with van der Waals surface area (Å²) >= 11 is 0. The highest BCUT2D eigenvalue weighted by molar-refractivity contribution is 5.81. The number of aromatic amines is 1. The Labute approximate surface area is 194 Å². The summed E-state index contributed by atoms with van der Waals surface area (Å²) < 4.78 is 1.38. The van der Waals surface area contributed by atoms with Gasteiger partial charge in [0, 0.05) is 29.0 Å². The third-order valence-electron chi connectivity index (χ3n) is 5.87. The van der Waals surface area contributed by atoms with Crippen LogP contribution < -0.4 is 11.0 Å². The SMILES string of the molecule is Cc1ccc(CNC(=O)C(C)(C)C)c(C)c1-c1nn(-c2ccc(C#CC3CC3)cc2)c(=O)[nH]1. The van der Waals surface area contributed by atoms with E-state index < -0.39 is 5.41 Å². The monoisotopic (exact) mass is 442 g/mol. The number of hydrogen-bond donors (Lipinski definition) is 2. The van der Waals surface area contributed by atoms with Gasteiger partial charge in [-0.15, -0.1) is 5.10 Å². The maximum absolute atomic E-state index is 12.7. The van der Waals surface area contributed by atoms with E-state index in [4.69, 9.17) is 0 Å². The fourth-order valence-corrected chi connectivity index (χ4v) is 3.60. The summed E-state index contributed by atoms with van der Waals surface area (Å²) in [7, 11) is 0. The number of nitrogens with zero attached hydrogens (tertiary/aromatic N) is 2. The average Bonchev–Trinajstić information content (AvgIpc) is 3.52. The third kappa shape index (κ3) is 5.09. The van der Waals surface area contributed by atoms with Crippen LogP contribution in [0.1, 0.15) is 55.9 Å². The number of aryl methyl sites for hydroxylation is 1. The molecule has 1 amide bonds. The summed E-state index contributed by atoms with van der Waals surface area (Å²) in [5, 5.41) is 7.59. The molecule has 1 fully saturated rings. The first-order chi connectivity index (χ1) is 15.6. The summed E-state index contributed by atoms with van der Waals surface area (Å²) in [5.74, 6) is 7.48. The molecular formula is C27H30N4O2. The van der Waals surface area contributed by atoms with Gasteiger partial charge in [-0.25, -0.2) is 4.79 Å². The molecule has 0 bridgehead atoms. The van der Waals surface area contributed by atoms with Crippen LogP contribution in [-0.2, 0) is 11.3 Å². The van der Waals surface area contributed by atoms with Gasteiger partial charge in [-0.1, -0.05) is 44.7 Å². The highest BCUT2D eigenvalue weighted by Gasteiger charge is 2.22. The van der Waals surface area contributed by atoms with E-state index in [-0.39, 0.29) is 11.6 Å². The van der Waals surface area contributed by atoms with Crippen molar-refractivity contribution in [1.29, 1.82) is 0 Å². The van der Waals surface area contributed by atoms with Gasteiger partial charge in [0.1, 0.15) is 0 Å². The number of carbonyl (C=O) groups excluding carboxylic acids is 1. The summed E-state index contributed by atoms with van der Waals surface area (Å²) in [4.78, 5) is 27.9. The fourth-order valence-electron chi connectivity index (χ4n) is 3.60. The minimum atomic E-state index is -0.454. The molecule has 1 saturated carbocycles. The van der Waals surface area contributed by atoms with Crippen molar-refractivity contribution in [3.05, 3.63) is 69.1 Å². The van der Waals surface area contributed by atoms with Crippen molar-refractivity contribution in [3.8, 4) is 28.9 Å². The summed E-state index contributed by atoms with van der Waals surface area (Å²) in [6, 6.07) is 11.6. The second-order valence-electron chi connectivity index (χ2n) is 9.76. The zero-order valence-corrected chi connectivity index (χ0v) is 19.9. The van der Waals surface area contributed by atoms with Crippen molar-refractivity contribution >= 4 is 5.91 Å². The Morgan fingerprint density at radius 3 is 2.48 bits per heavy atom. The zero-order chi connectivity index (χ0) is 23.8. The highest BCUT2D eigenvalue weighted by atomic mass is 16.2. The van der Waals surface area contributed by atoms with E-state index >= 15 is 0 Å². The summed E-state index contributed by atoms with van der Waals surface area (Å²) in [6.45, 7) is 10.1. The van der Waals surface area contributed by atoms with Gasteiger partial charge in [0.25, 0.3) is 0 Å². The van der Waals surface area contributed by atoms with Gasteiger partial charge in [0.2, 0.25) is 5.91 Å². The molecule has 1 aromatic heterocycles. The molecule has 2 N–H and O–H groups in total. The Hall–Kier alpha value is -3.59. The second kappa shape index (κ2) is 8.74. The van der Waals surface area contributed by atoms with E-state index in [1.54, 1.807) is 0 Å². The number of amides is 1. The van der Waals surface area contributed by atoms with Gasteiger partial charge in [-0.3, -0.25) is 9.78 Å².